The van der Waals surface area contributed by atoms with E-state index in [0.29, 0.717) is 17.0 Å². The summed E-state index contributed by atoms with van der Waals surface area (Å²) in [5, 5.41) is 0. The number of methoxy groups -OCH3 is 1. The van der Waals surface area contributed by atoms with Gasteiger partial charge in [0.2, 0.25) is 0 Å². The molecule has 0 saturated heterocycles. The van der Waals surface area contributed by atoms with Crippen LogP contribution in [0.25, 0.3) is 22.8 Å². The molecule has 4 nitrogen and oxygen atoms in total. The SMILES string of the molecule is COc1ccc(F)c(-c2cnc3nc4c(c-3[nH]2)CCCC4)c1. The molecule has 0 bridgehead atoms. The molecule has 2 heterocycles. The molecule has 2 aliphatic heterocycles. The molecule has 0 saturated carbocycles. The molecule has 0 unspecified atom stereocenters. The summed E-state index contributed by atoms with van der Waals surface area (Å²) in [5.74, 6) is 1.04. The van der Waals surface area contributed by atoms with Gasteiger partial charge in [-0.3, -0.25) is 0 Å². The highest BCUT2D eigenvalue weighted by Crippen LogP contribution is 2.33. The molecule has 0 radical (unpaired) electrons. The largest absolute Gasteiger partial charge is 0.497 e. The molecular formula is C17H16FN3O. The first-order valence-corrected chi connectivity index (χ1v) is 7.46. The number of hydrogen-bond donors (Lipinski definition) is 1. The van der Waals surface area contributed by atoms with Gasteiger partial charge in [0, 0.05) is 16.8 Å². The van der Waals surface area contributed by atoms with E-state index in [1.165, 1.54) is 24.5 Å². The van der Waals surface area contributed by atoms with Crippen LogP contribution in [0, 0.1) is 5.82 Å². The number of rotatable bonds is 2. The summed E-state index contributed by atoms with van der Waals surface area (Å²) in [6.45, 7) is 0. The van der Waals surface area contributed by atoms with Gasteiger partial charge in [0.1, 0.15) is 11.6 Å². The van der Waals surface area contributed by atoms with Crippen molar-refractivity contribution in [1.29, 1.82) is 0 Å². The van der Waals surface area contributed by atoms with E-state index in [-0.39, 0.29) is 5.82 Å². The number of H-pyrrole nitrogens is 1. The second-order valence-electron chi connectivity index (χ2n) is 5.59. The summed E-state index contributed by atoms with van der Waals surface area (Å²) in [4.78, 5) is 12.3. The van der Waals surface area contributed by atoms with Gasteiger partial charge >= 0.3 is 0 Å². The summed E-state index contributed by atoms with van der Waals surface area (Å²) >= 11 is 0. The summed E-state index contributed by atoms with van der Waals surface area (Å²) in [5.41, 5.74) is 4.41. The number of aryl methyl sites for hydroxylation is 1. The molecule has 0 spiro atoms. The zero-order valence-corrected chi connectivity index (χ0v) is 12.3. The number of aromatic nitrogens is 3. The van der Waals surface area contributed by atoms with Crippen molar-refractivity contribution in [1.82, 2.24) is 15.0 Å². The Balaban J connectivity index is 1.88. The van der Waals surface area contributed by atoms with Gasteiger partial charge in [-0.25, -0.2) is 14.4 Å². The monoisotopic (exact) mass is 297 g/mol. The van der Waals surface area contributed by atoms with E-state index < -0.39 is 0 Å². The van der Waals surface area contributed by atoms with Crippen LogP contribution in [0.1, 0.15) is 24.1 Å². The van der Waals surface area contributed by atoms with Crippen LogP contribution in [0.4, 0.5) is 4.39 Å². The number of aromatic amines is 1. The molecule has 1 aromatic rings. The zero-order valence-electron chi connectivity index (χ0n) is 12.3. The standard InChI is InChI=1S/C17H16FN3O/c1-22-10-6-7-13(18)12(8-10)15-9-19-17-16(20-15)11-4-2-3-5-14(11)21-17/h6-9,20H,2-5H2,1H3. The normalized spacial score (nSPS) is 14.1. The van der Waals surface area contributed by atoms with Gasteiger partial charge in [0.25, 0.3) is 0 Å². The predicted molar refractivity (Wildman–Crippen MR) is 81.6 cm³/mol. The highest BCUT2D eigenvalue weighted by atomic mass is 19.1. The second-order valence-corrected chi connectivity index (χ2v) is 5.59. The fourth-order valence-corrected chi connectivity index (χ4v) is 3.09. The fourth-order valence-electron chi connectivity index (χ4n) is 3.09. The van der Waals surface area contributed by atoms with Gasteiger partial charge in [0.05, 0.1) is 24.7 Å². The smallest absolute Gasteiger partial charge is 0.176 e. The summed E-state index contributed by atoms with van der Waals surface area (Å²) < 4.78 is 19.3. The van der Waals surface area contributed by atoms with Gasteiger partial charge in [-0.15, -0.1) is 0 Å². The zero-order chi connectivity index (χ0) is 15.1. The van der Waals surface area contributed by atoms with Crippen LogP contribution in [0.15, 0.2) is 24.4 Å². The molecule has 4 rings (SSSR count). The van der Waals surface area contributed by atoms with Crippen LogP contribution in [0.2, 0.25) is 0 Å². The molecule has 112 valence electrons. The Morgan fingerprint density at radius 1 is 1.23 bits per heavy atom. The van der Waals surface area contributed by atoms with Gasteiger partial charge in [-0.2, -0.15) is 0 Å². The van der Waals surface area contributed by atoms with Crippen molar-refractivity contribution in [2.45, 2.75) is 25.7 Å². The second kappa shape index (κ2) is 5.09. The number of benzene rings is 1. The number of fused-ring (bicyclic) bond motifs is 3. The third-order valence-electron chi connectivity index (χ3n) is 4.24. The van der Waals surface area contributed by atoms with E-state index in [1.807, 2.05) is 0 Å². The molecule has 3 aliphatic rings. The summed E-state index contributed by atoms with van der Waals surface area (Å²) in [6, 6.07) is 4.69. The van der Waals surface area contributed by atoms with Crippen molar-refractivity contribution in [3.05, 3.63) is 41.5 Å². The summed E-state index contributed by atoms with van der Waals surface area (Å²) in [7, 11) is 1.57. The Hall–Kier alpha value is -2.43. The Labute approximate surface area is 127 Å². The maximum atomic E-state index is 14.1. The molecular weight excluding hydrogens is 281 g/mol. The number of nitrogens with one attached hydrogen (secondary N) is 1. The average Bonchev–Trinajstić information content (AvgIpc) is 2.93. The highest BCUT2D eigenvalue weighted by Gasteiger charge is 2.23. The van der Waals surface area contributed by atoms with Gasteiger partial charge < -0.3 is 9.72 Å². The number of hydrogen-bond acceptors (Lipinski definition) is 3. The van der Waals surface area contributed by atoms with Gasteiger partial charge in [-0.05, 0) is 43.9 Å². The molecule has 0 aromatic heterocycles. The van der Waals surface area contributed by atoms with Crippen molar-refractivity contribution in [3.8, 4) is 28.5 Å². The topological polar surface area (TPSA) is 50.8 Å². The predicted octanol–water partition coefficient (Wildman–Crippen LogP) is 3.60. The maximum absolute atomic E-state index is 14.1. The van der Waals surface area contributed by atoms with E-state index in [9.17, 15) is 4.39 Å². The van der Waals surface area contributed by atoms with Crippen LogP contribution < -0.4 is 4.74 Å². The third-order valence-corrected chi connectivity index (χ3v) is 4.24. The Morgan fingerprint density at radius 3 is 2.95 bits per heavy atom. The van der Waals surface area contributed by atoms with Gasteiger partial charge in [0.15, 0.2) is 5.82 Å². The quantitative estimate of drug-likeness (QED) is 0.786. The van der Waals surface area contributed by atoms with Crippen LogP contribution in [-0.4, -0.2) is 22.1 Å². The number of halogens is 1. The lowest BCUT2D eigenvalue weighted by Crippen LogP contribution is -2.01. The van der Waals surface area contributed by atoms with Crippen LogP contribution in [0.3, 0.4) is 0 Å². The fraction of sp³-hybridized carbons (Fsp3) is 0.294. The first kappa shape index (κ1) is 13.2. The van der Waals surface area contributed by atoms with Crippen molar-refractivity contribution in [2.24, 2.45) is 0 Å². The van der Waals surface area contributed by atoms with Gasteiger partial charge in [-0.1, -0.05) is 0 Å². The number of ether oxygens (including phenoxy) is 1. The minimum atomic E-state index is -0.299. The van der Waals surface area contributed by atoms with Crippen LogP contribution in [-0.2, 0) is 12.8 Å². The minimum Gasteiger partial charge on any atom is -0.497 e. The first-order valence-electron chi connectivity index (χ1n) is 7.46. The Bertz CT molecular complexity index is 812. The van der Waals surface area contributed by atoms with Crippen molar-refractivity contribution >= 4 is 0 Å². The van der Waals surface area contributed by atoms with E-state index >= 15 is 0 Å². The summed E-state index contributed by atoms with van der Waals surface area (Å²) in [6.07, 6.45) is 5.99. The minimum absolute atomic E-state index is 0.299. The van der Waals surface area contributed by atoms with Crippen molar-refractivity contribution in [3.63, 3.8) is 0 Å². The molecule has 22 heavy (non-hydrogen) atoms. The molecule has 0 amide bonds. The third kappa shape index (κ3) is 2.04. The lowest BCUT2D eigenvalue weighted by atomic mass is 9.96. The van der Waals surface area contributed by atoms with E-state index in [2.05, 4.69) is 15.0 Å². The lowest BCUT2D eigenvalue weighted by Gasteiger charge is -2.12. The van der Waals surface area contributed by atoms with E-state index in [1.54, 1.807) is 25.4 Å². The first-order chi connectivity index (χ1) is 10.8. The van der Waals surface area contributed by atoms with Crippen molar-refractivity contribution in [2.75, 3.05) is 7.11 Å². The molecule has 1 aliphatic carbocycles. The molecule has 5 heteroatoms. The Morgan fingerprint density at radius 2 is 2.09 bits per heavy atom. The highest BCUT2D eigenvalue weighted by molar-refractivity contribution is 5.68. The Kier molecular flexibility index (Phi) is 3.06. The average molecular weight is 297 g/mol. The molecule has 0 atom stereocenters. The van der Waals surface area contributed by atoms with Crippen LogP contribution in [0.5, 0.6) is 5.75 Å². The van der Waals surface area contributed by atoms with E-state index in [4.69, 9.17) is 4.74 Å². The number of nitrogens with zero attached hydrogens (tertiary/aromatic N) is 2. The molecule has 0 fully saturated rings. The molecule has 1 aromatic carbocycles. The van der Waals surface area contributed by atoms with Crippen LogP contribution >= 0.6 is 0 Å². The lowest BCUT2D eigenvalue weighted by molar-refractivity contribution is 0.414. The molecule has 1 N–H and O–H groups in total. The maximum Gasteiger partial charge on any atom is 0.176 e. The van der Waals surface area contributed by atoms with Crippen molar-refractivity contribution < 1.29 is 9.13 Å². The van der Waals surface area contributed by atoms with E-state index in [0.717, 1.165) is 30.1 Å².